The number of benzene rings is 1. The minimum absolute atomic E-state index is 0.0635. The number of hydrogen-bond acceptors (Lipinski definition) is 4. The molecule has 0 spiro atoms. The van der Waals surface area contributed by atoms with Crippen LogP contribution >= 0.6 is 31.9 Å². The Labute approximate surface area is 177 Å². The van der Waals surface area contributed by atoms with Gasteiger partial charge < -0.3 is 15.2 Å². The number of aromatic nitrogens is 2. The number of H-pyrrole nitrogens is 1. The van der Waals surface area contributed by atoms with E-state index < -0.39 is 17.1 Å². The van der Waals surface area contributed by atoms with Crippen molar-refractivity contribution in [2.75, 3.05) is 0 Å². The zero-order valence-electron chi connectivity index (χ0n) is 15.0. The van der Waals surface area contributed by atoms with Crippen molar-refractivity contribution in [2.24, 2.45) is 0 Å². The van der Waals surface area contributed by atoms with Gasteiger partial charge >= 0.3 is 5.97 Å². The first-order chi connectivity index (χ1) is 13.3. The first kappa shape index (κ1) is 20.7. The third-order valence-corrected chi connectivity index (χ3v) is 5.95. The number of alkyl halides is 2. The van der Waals surface area contributed by atoms with Crippen LogP contribution in [0.25, 0.3) is 22.3 Å². The van der Waals surface area contributed by atoms with E-state index in [0.717, 1.165) is 16.5 Å². The van der Waals surface area contributed by atoms with E-state index in [9.17, 15) is 19.8 Å². The van der Waals surface area contributed by atoms with Crippen LogP contribution in [0.1, 0.15) is 30.0 Å². The summed E-state index contributed by atoms with van der Waals surface area (Å²) in [6.45, 7) is 1.56. The molecule has 1 atom stereocenters. The predicted octanol–water partition coefficient (Wildman–Crippen LogP) is 4.06. The molecule has 0 unspecified atom stereocenters. The topological polar surface area (TPSA) is 103 Å². The molecule has 0 aliphatic carbocycles. The maximum absolute atomic E-state index is 12.7. The number of pyridine rings is 2. The number of fused-ring (bicyclic) bond motifs is 1. The highest BCUT2D eigenvalue weighted by Gasteiger charge is 2.39. The number of carboxylic acid groups (broad SMARTS) is 1. The molecule has 3 aromatic rings. The second-order valence-electron chi connectivity index (χ2n) is 6.38. The van der Waals surface area contributed by atoms with Gasteiger partial charge in [0.15, 0.2) is 5.60 Å². The quantitative estimate of drug-likeness (QED) is 0.435. The van der Waals surface area contributed by atoms with Gasteiger partial charge in [0.25, 0.3) is 5.56 Å². The molecule has 2 heterocycles. The first-order valence-corrected chi connectivity index (χ1v) is 10.8. The fraction of sp³-hybridized carbons (Fsp3) is 0.250. The van der Waals surface area contributed by atoms with E-state index in [4.69, 9.17) is 0 Å². The Balaban J connectivity index is 2.34. The number of para-hydroxylation sites is 1. The standard InChI is InChI=1S/C20H18Br2N2O4/c1-2-20(28,19(26)27)14-8-16(24-18(25)13(14)10-22)17-12(9-21)7-11-5-3-4-6-15(11)23-17/h3-8,28H,2,9-10H2,1H3,(H,24,25)(H,26,27)/t20-/m0/s1. The second-order valence-corrected chi connectivity index (χ2v) is 7.50. The van der Waals surface area contributed by atoms with Crippen molar-refractivity contribution < 1.29 is 15.0 Å². The van der Waals surface area contributed by atoms with Crippen LogP contribution in [0.15, 0.2) is 41.2 Å². The molecule has 0 bridgehead atoms. The molecule has 3 N–H and O–H groups in total. The van der Waals surface area contributed by atoms with Gasteiger partial charge in [0.1, 0.15) is 0 Å². The molecule has 1 aromatic carbocycles. The number of carboxylic acids is 1. The number of aliphatic carboxylic acids is 1. The molecule has 8 heteroatoms. The number of rotatable bonds is 6. The highest BCUT2D eigenvalue weighted by Crippen LogP contribution is 2.32. The normalized spacial score (nSPS) is 13.4. The van der Waals surface area contributed by atoms with Gasteiger partial charge in [-0.15, -0.1) is 0 Å². The molecule has 6 nitrogen and oxygen atoms in total. The SMILES string of the molecule is CC[C@@](O)(C(=O)O)c1cc(-c2nc3ccccc3cc2CBr)[nH]c(=O)c1CBr. The summed E-state index contributed by atoms with van der Waals surface area (Å²) in [5.41, 5.74) is 0.0768. The van der Waals surface area contributed by atoms with Crippen LogP contribution < -0.4 is 5.56 Å². The predicted molar refractivity (Wildman–Crippen MR) is 115 cm³/mol. The third kappa shape index (κ3) is 3.52. The lowest BCUT2D eigenvalue weighted by atomic mass is 9.88. The highest BCUT2D eigenvalue weighted by molar-refractivity contribution is 9.08. The molecular weight excluding hydrogens is 492 g/mol. The van der Waals surface area contributed by atoms with Gasteiger partial charge in [-0.2, -0.15) is 0 Å². The van der Waals surface area contributed by atoms with Crippen molar-refractivity contribution in [1.29, 1.82) is 0 Å². The molecule has 0 aliphatic rings. The van der Waals surface area contributed by atoms with Crippen LogP contribution in [0, 0.1) is 0 Å². The van der Waals surface area contributed by atoms with Gasteiger partial charge in [-0.1, -0.05) is 57.0 Å². The fourth-order valence-corrected chi connectivity index (χ4v) is 4.15. The van der Waals surface area contributed by atoms with Gasteiger partial charge in [-0.3, -0.25) is 4.79 Å². The number of carbonyl (C=O) groups is 1. The summed E-state index contributed by atoms with van der Waals surface area (Å²) in [4.78, 5) is 31.9. The van der Waals surface area contributed by atoms with Gasteiger partial charge in [-0.25, -0.2) is 9.78 Å². The second kappa shape index (κ2) is 8.14. The number of aliphatic hydroxyl groups is 1. The Morgan fingerprint density at radius 2 is 1.93 bits per heavy atom. The van der Waals surface area contributed by atoms with E-state index in [1.807, 2.05) is 30.3 Å². The van der Waals surface area contributed by atoms with E-state index in [2.05, 4.69) is 41.8 Å². The smallest absolute Gasteiger partial charge is 0.340 e. The van der Waals surface area contributed by atoms with Crippen LogP contribution in [0.3, 0.4) is 0 Å². The minimum Gasteiger partial charge on any atom is -0.479 e. The van der Waals surface area contributed by atoms with E-state index in [1.165, 1.54) is 6.07 Å². The van der Waals surface area contributed by atoms with Crippen LogP contribution in [0.4, 0.5) is 0 Å². The monoisotopic (exact) mass is 508 g/mol. The Hall–Kier alpha value is -2.03. The number of hydrogen-bond donors (Lipinski definition) is 3. The number of aromatic amines is 1. The van der Waals surface area contributed by atoms with Crippen molar-refractivity contribution in [3.63, 3.8) is 0 Å². The molecule has 0 saturated heterocycles. The Kier molecular flexibility index (Phi) is 6.02. The van der Waals surface area contributed by atoms with Crippen LogP contribution in [0.2, 0.25) is 0 Å². The summed E-state index contributed by atoms with van der Waals surface area (Å²) in [6, 6.07) is 11.1. The summed E-state index contributed by atoms with van der Waals surface area (Å²) in [7, 11) is 0. The maximum Gasteiger partial charge on any atom is 0.340 e. The van der Waals surface area contributed by atoms with Crippen molar-refractivity contribution in [3.8, 4) is 11.4 Å². The molecule has 0 saturated carbocycles. The zero-order valence-corrected chi connectivity index (χ0v) is 18.2. The molecule has 0 amide bonds. The average Bonchev–Trinajstić information content (AvgIpc) is 2.71. The number of nitrogens with zero attached hydrogens (tertiary/aromatic N) is 1. The Bertz CT molecular complexity index is 1110. The lowest BCUT2D eigenvalue weighted by Crippen LogP contribution is -2.37. The summed E-state index contributed by atoms with van der Waals surface area (Å²) in [5.74, 6) is -1.40. The average molecular weight is 510 g/mol. The van der Waals surface area contributed by atoms with Crippen molar-refractivity contribution in [2.45, 2.75) is 29.6 Å². The lowest BCUT2D eigenvalue weighted by Gasteiger charge is -2.25. The van der Waals surface area contributed by atoms with E-state index in [1.54, 1.807) is 6.92 Å². The number of nitrogens with one attached hydrogen (secondary N) is 1. The van der Waals surface area contributed by atoms with E-state index in [0.29, 0.717) is 16.7 Å². The fourth-order valence-electron chi connectivity index (χ4n) is 3.17. The van der Waals surface area contributed by atoms with Crippen molar-refractivity contribution >= 4 is 48.7 Å². The summed E-state index contributed by atoms with van der Waals surface area (Å²) < 4.78 is 0. The summed E-state index contributed by atoms with van der Waals surface area (Å²) in [6.07, 6.45) is -0.0817. The van der Waals surface area contributed by atoms with E-state index in [-0.39, 0.29) is 22.9 Å². The van der Waals surface area contributed by atoms with Gasteiger partial charge in [-0.05, 0) is 30.2 Å². The largest absolute Gasteiger partial charge is 0.479 e. The molecule has 3 rings (SSSR count). The summed E-state index contributed by atoms with van der Waals surface area (Å²) in [5, 5.41) is 21.9. The zero-order chi connectivity index (χ0) is 20.5. The lowest BCUT2D eigenvalue weighted by molar-refractivity contribution is -0.160. The first-order valence-electron chi connectivity index (χ1n) is 8.59. The van der Waals surface area contributed by atoms with Crippen molar-refractivity contribution in [3.05, 3.63) is 63.4 Å². The minimum atomic E-state index is -2.17. The molecule has 28 heavy (non-hydrogen) atoms. The molecule has 0 radical (unpaired) electrons. The van der Waals surface area contributed by atoms with Crippen LogP contribution in [-0.4, -0.2) is 26.2 Å². The van der Waals surface area contributed by atoms with Crippen LogP contribution in [0.5, 0.6) is 0 Å². The van der Waals surface area contributed by atoms with Gasteiger partial charge in [0, 0.05) is 27.2 Å². The van der Waals surface area contributed by atoms with Crippen molar-refractivity contribution in [1.82, 2.24) is 9.97 Å². The highest BCUT2D eigenvalue weighted by atomic mass is 79.9. The molecule has 0 aliphatic heterocycles. The summed E-state index contributed by atoms with van der Waals surface area (Å²) >= 11 is 6.67. The molecule has 146 valence electrons. The van der Waals surface area contributed by atoms with E-state index >= 15 is 0 Å². The molecule has 2 aromatic heterocycles. The number of halogens is 2. The Morgan fingerprint density at radius 3 is 2.54 bits per heavy atom. The molecule has 0 fully saturated rings. The Morgan fingerprint density at radius 1 is 1.21 bits per heavy atom. The van der Waals surface area contributed by atoms with Crippen LogP contribution in [-0.2, 0) is 21.1 Å². The van der Waals surface area contributed by atoms with Gasteiger partial charge in [0.2, 0.25) is 0 Å². The molecular formula is C20H18Br2N2O4. The maximum atomic E-state index is 12.7. The van der Waals surface area contributed by atoms with Gasteiger partial charge in [0.05, 0.1) is 16.9 Å². The third-order valence-electron chi connectivity index (χ3n) is 4.78.